The highest BCUT2D eigenvalue weighted by molar-refractivity contribution is 5.98. The van der Waals surface area contributed by atoms with Gasteiger partial charge in [-0.2, -0.15) is 0 Å². The normalized spacial score (nSPS) is 12.6. The van der Waals surface area contributed by atoms with Crippen LogP contribution in [0.1, 0.15) is 17.4 Å². The Morgan fingerprint density at radius 3 is 3.00 bits per heavy atom. The molecule has 2 rings (SSSR count). The number of ether oxygens (including phenoxy) is 1. The van der Waals surface area contributed by atoms with Crippen molar-refractivity contribution in [1.82, 2.24) is 10.3 Å². The monoisotopic (exact) mass is 250 g/mol. The molecule has 0 bridgehead atoms. The minimum Gasteiger partial charge on any atom is -0.383 e. The van der Waals surface area contributed by atoms with E-state index in [0.717, 1.165) is 5.52 Å². The highest BCUT2D eigenvalue weighted by Crippen LogP contribution is 2.16. The van der Waals surface area contributed by atoms with E-state index in [-0.39, 0.29) is 17.8 Å². The van der Waals surface area contributed by atoms with Gasteiger partial charge in [-0.3, -0.25) is 4.79 Å². The van der Waals surface area contributed by atoms with Gasteiger partial charge in [-0.15, -0.1) is 0 Å². The molecule has 1 unspecified atom stereocenters. The van der Waals surface area contributed by atoms with Crippen molar-refractivity contribution in [3.63, 3.8) is 0 Å². The summed E-state index contributed by atoms with van der Waals surface area (Å²) in [5, 5.41) is 3.46. The molecule has 18 heavy (non-hydrogen) atoms. The molecule has 0 radical (unpaired) electrons. The molecule has 4 nitrogen and oxygen atoms in total. The van der Waals surface area contributed by atoms with Crippen molar-refractivity contribution in [1.29, 1.82) is 0 Å². The molecule has 1 heterocycles. The van der Waals surface area contributed by atoms with Gasteiger partial charge in [0.2, 0.25) is 0 Å². The highest BCUT2D eigenvalue weighted by atomic mass is 19.1. The topological polar surface area (TPSA) is 54.1 Å². The van der Waals surface area contributed by atoms with Crippen molar-refractivity contribution in [2.45, 2.75) is 13.0 Å². The van der Waals surface area contributed by atoms with E-state index >= 15 is 0 Å². The molecule has 0 aliphatic carbocycles. The summed E-state index contributed by atoms with van der Waals surface area (Å²) in [6.45, 7) is 2.30. The van der Waals surface area contributed by atoms with Crippen LogP contribution < -0.4 is 5.32 Å². The summed E-state index contributed by atoms with van der Waals surface area (Å²) < 4.78 is 18.0. The fraction of sp³-hybridized carbons (Fsp3) is 0.308. The highest BCUT2D eigenvalue weighted by Gasteiger charge is 2.12. The Labute approximate surface area is 104 Å². The van der Waals surface area contributed by atoms with Gasteiger partial charge in [-0.1, -0.05) is 0 Å². The second-order valence-corrected chi connectivity index (χ2v) is 4.24. The van der Waals surface area contributed by atoms with Crippen molar-refractivity contribution < 1.29 is 13.9 Å². The van der Waals surface area contributed by atoms with Crippen molar-refractivity contribution >= 4 is 16.8 Å². The van der Waals surface area contributed by atoms with Crippen LogP contribution in [0.3, 0.4) is 0 Å². The van der Waals surface area contributed by atoms with Crippen molar-refractivity contribution in [2.75, 3.05) is 13.7 Å². The Bertz CT molecular complexity index is 565. The Morgan fingerprint density at radius 1 is 1.50 bits per heavy atom. The first-order chi connectivity index (χ1) is 8.60. The van der Waals surface area contributed by atoms with E-state index in [4.69, 9.17) is 4.74 Å². The second kappa shape index (κ2) is 5.18. The summed E-state index contributed by atoms with van der Waals surface area (Å²) in [6.07, 6.45) is 0. The first-order valence-electron chi connectivity index (χ1n) is 5.68. The van der Waals surface area contributed by atoms with Gasteiger partial charge < -0.3 is 15.0 Å². The number of nitrogens with one attached hydrogen (secondary N) is 2. The summed E-state index contributed by atoms with van der Waals surface area (Å²) in [5.74, 6) is -0.544. The lowest BCUT2D eigenvalue weighted by Gasteiger charge is -2.11. The standard InChI is InChI=1S/C13H15FN2O2/c1-8(7-18-2)15-13(17)12-6-9-5-10(14)3-4-11(9)16-12/h3-6,8,16H,7H2,1-2H3,(H,15,17). The lowest BCUT2D eigenvalue weighted by molar-refractivity contribution is 0.0901. The minimum atomic E-state index is -0.318. The number of rotatable bonds is 4. The lowest BCUT2D eigenvalue weighted by atomic mass is 10.2. The molecule has 96 valence electrons. The first-order valence-corrected chi connectivity index (χ1v) is 5.68. The zero-order valence-electron chi connectivity index (χ0n) is 10.3. The van der Waals surface area contributed by atoms with Gasteiger partial charge >= 0.3 is 0 Å². The third kappa shape index (κ3) is 2.68. The molecule has 1 aromatic heterocycles. The van der Waals surface area contributed by atoms with Crippen molar-refractivity contribution in [3.05, 3.63) is 35.8 Å². The number of carbonyl (C=O) groups is 1. The Morgan fingerprint density at radius 2 is 2.28 bits per heavy atom. The molecular formula is C13H15FN2O2. The van der Waals surface area contributed by atoms with Gasteiger partial charge in [-0.25, -0.2) is 4.39 Å². The molecule has 0 saturated heterocycles. The van der Waals surface area contributed by atoms with Gasteiger partial charge in [0, 0.05) is 24.1 Å². The third-order valence-corrected chi connectivity index (χ3v) is 2.62. The number of aromatic nitrogens is 1. The van der Waals surface area contributed by atoms with Crippen LogP contribution >= 0.6 is 0 Å². The summed E-state index contributed by atoms with van der Waals surface area (Å²) in [6, 6.07) is 5.91. The van der Waals surface area contributed by atoms with Crippen LogP contribution in [0, 0.1) is 5.82 Å². The Hall–Kier alpha value is -1.88. The van der Waals surface area contributed by atoms with Crippen molar-refractivity contribution in [3.8, 4) is 0 Å². The third-order valence-electron chi connectivity index (χ3n) is 2.62. The average molecular weight is 250 g/mol. The Balaban J connectivity index is 2.18. The van der Waals surface area contributed by atoms with Gasteiger partial charge in [0.1, 0.15) is 11.5 Å². The van der Waals surface area contributed by atoms with E-state index in [1.165, 1.54) is 12.1 Å². The number of fused-ring (bicyclic) bond motifs is 1. The number of hydrogen-bond acceptors (Lipinski definition) is 2. The van der Waals surface area contributed by atoms with Crippen LogP contribution in [0.2, 0.25) is 0 Å². The maximum absolute atomic E-state index is 13.0. The average Bonchev–Trinajstić information content (AvgIpc) is 2.72. The Kier molecular flexibility index (Phi) is 3.62. The van der Waals surface area contributed by atoms with Gasteiger partial charge in [0.15, 0.2) is 0 Å². The number of amides is 1. The van der Waals surface area contributed by atoms with Gasteiger partial charge in [-0.05, 0) is 31.2 Å². The zero-order chi connectivity index (χ0) is 13.1. The van der Waals surface area contributed by atoms with Gasteiger partial charge in [0.25, 0.3) is 5.91 Å². The van der Waals surface area contributed by atoms with E-state index < -0.39 is 0 Å². The van der Waals surface area contributed by atoms with Crippen LogP contribution in [-0.4, -0.2) is 30.6 Å². The molecule has 0 saturated carbocycles. The number of aromatic amines is 1. The molecule has 0 aliphatic rings. The van der Waals surface area contributed by atoms with Crippen LogP contribution in [0.4, 0.5) is 4.39 Å². The second-order valence-electron chi connectivity index (χ2n) is 4.24. The zero-order valence-corrected chi connectivity index (χ0v) is 10.3. The van der Waals surface area contributed by atoms with Gasteiger partial charge in [0.05, 0.1) is 6.61 Å². The van der Waals surface area contributed by atoms with E-state index in [1.807, 2.05) is 6.92 Å². The predicted octanol–water partition coefficient (Wildman–Crippen LogP) is 2.07. The molecule has 1 atom stereocenters. The maximum atomic E-state index is 13.0. The summed E-state index contributed by atoms with van der Waals surface area (Å²) >= 11 is 0. The number of methoxy groups -OCH3 is 1. The fourth-order valence-corrected chi connectivity index (χ4v) is 1.82. The molecule has 2 N–H and O–H groups in total. The van der Waals surface area contributed by atoms with E-state index in [2.05, 4.69) is 10.3 Å². The lowest BCUT2D eigenvalue weighted by Crippen LogP contribution is -2.35. The smallest absolute Gasteiger partial charge is 0.268 e. The van der Waals surface area contributed by atoms with Crippen LogP contribution in [-0.2, 0) is 4.74 Å². The molecule has 0 spiro atoms. The van der Waals surface area contributed by atoms with E-state index in [0.29, 0.717) is 17.7 Å². The maximum Gasteiger partial charge on any atom is 0.268 e. The fourth-order valence-electron chi connectivity index (χ4n) is 1.82. The summed E-state index contributed by atoms with van der Waals surface area (Å²) in [5.41, 5.74) is 1.15. The number of carbonyl (C=O) groups excluding carboxylic acids is 1. The molecule has 0 fully saturated rings. The number of halogens is 1. The summed E-state index contributed by atoms with van der Waals surface area (Å²) in [4.78, 5) is 14.8. The quantitative estimate of drug-likeness (QED) is 0.872. The molecule has 0 aliphatic heterocycles. The molecule has 5 heteroatoms. The van der Waals surface area contributed by atoms with Crippen LogP contribution in [0.5, 0.6) is 0 Å². The molecular weight excluding hydrogens is 235 g/mol. The SMILES string of the molecule is COCC(C)NC(=O)c1cc2cc(F)ccc2[nH]1. The van der Waals surface area contributed by atoms with Crippen LogP contribution in [0.15, 0.2) is 24.3 Å². The van der Waals surface area contributed by atoms with Crippen LogP contribution in [0.25, 0.3) is 10.9 Å². The first kappa shape index (κ1) is 12.6. The number of benzene rings is 1. The molecule has 1 amide bonds. The summed E-state index contributed by atoms with van der Waals surface area (Å²) in [7, 11) is 1.58. The molecule has 2 aromatic rings. The van der Waals surface area contributed by atoms with Crippen molar-refractivity contribution in [2.24, 2.45) is 0 Å². The van der Waals surface area contributed by atoms with E-state index in [9.17, 15) is 9.18 Å². The predicted molar refractivity (Wildman–Crippen MR) is 67.1 cm³/mol. The number of H-pyrrole nitrogens is 1. The largest absolute Gasteiger partial charge is 0.383 e. The number of hydrogen-bond donors (Lipinski definition) is 2. The minimum absolute atomic E-state index is 0.0781. The molecule has 1 aromatic carbocycles. The van der Waals surface area contributed by atoms with E-state index in [1.54, 1.807) is 19.2 Å².